The summed E-state index contributed by atoms with van der Waals surface area (Å²) >= 11 is 7.39. The summed E-state index contributed by atoms with van der Waals surface area (Å²) in [6.45, 7) is 0.627. The number of amides is 1. The topological polar surface area (TPSA) is 63.7 Å². The number of allylic oxidation sites excluding steroid dienone is 1. The van der Waals surface area contributed by atoms with Crippen molar-refractivity contribution in [3.8, 4) is 0 Å². The number of carbonyl (C=O) groups is 3. The van der Waals surface area contributed by atoms with Crippen molar-refractivity contribution in [2.24, 2.45) is 0 Å². The Morgan fingerprint density at radius 3 is 2.90 bits per heavy atom. The van der Waals surface area contributed by atoms with Crippen molar-refractivity contribution in [2.45, 2.75) is 38.1 Å². The number of ether oxygens (including phenoxy) is 1. The molecule has 1 fully saturated rings. The number of benzene rings is 1. The van der Waals surface area contributed by atoms with Gasteiger partial charge >= 0.3 is 5.97 Å². The smallest absolute Gasteiger partial charge is 0.348 e. The number of nitrogens with zero attached hydrogens (tertiary/aromatic N) is 1. The van der Waals surface area contributed by atoms with Gasteiger partial charge < -0.3 is 9.64 Å². The van der Waals surface area contributed by atoms with E-state index in [1.54, 1.807) is 24.3 Å². The number of carbonyl (C=O) groups excluding carboxylic acids is 3. The van der Waals surface area contributed by atoms with E-state index in [2.05, 4.69) is 0 Å². The molecule has 1 amide bonds. The molecule has 0 spiro atoms. The minimum atomic E-state index is -0.325. The first-order valence-electron chi connectivity index (χ1n) is 9.88. The van der Waals surface area contributed by atoms with E-state index >= 15 is 0 Å². The molecule has 1 aliphatic rings. The van der Waals surface area contributed by atoms with Crippen molar-refractivity contribution >= 4 is 40.6 Å². The first-order chi connectivity index (χ1) is 14.5. The lowest BCUT2D eigenvalue weighted by molar-refractivity contribution is -0.128. The Labute approximate surface area is 185 Å². The minimum Gasteiger partial charge on any atom is -0.465 e. The molecular weight excluding hydrogens is 422 g/mol. The van der Waals surface area contributed by atoms with Gasteiger partial charge in [-0.05, 0) is 55.2 Å². The summed E-state index contributed by atoms with van der Waals surface area (Å²) in [5.41, 5.74) is 0.874. The number of thiophene rings is 1. The van der Waals surface area contributed by atoms with Crippen molar-refractivity contribution in [3.63, 3.8) is 0 Å². The lowest BCUT2D eigenvalue weighted by atomic mass is 10.1. The Kier molecular flexibility index (Phi) is 7.82. The zero-order chi connectivity index (χ0) is 21.5. The Morgan fingerprint density at radius 2 is 2.13 bits per heavy atom. The predicted molar refractivity (Wildman–Crippen MR) is 118 cm³/mol. The van der Waals surface area contributed by atoms with Crippen LogP contribution >= 0.6 is 22.9 Å². The first-order valence-corrected chi connectivity index (χ1v) is 11.1. The molecule has 5 nitrogen and oxygen atoms in total. The van der Waals surface area contributed by atoms with Gasteiger partial charge in [-0.25, -0.2) is 4.79 Å². The Balaban J connectivity index is 1.51. The van der Waals surface area contributed by atoms with Gasteiger partial charge in [0, 0.05) is 29.3 Å². The normalized spacial score (nSPS) is 16.4. The largest absolute Gasteiger partial charge is 0.465 e. The number of ketones is 1. The Morgan fingerprint density at radius 1 is 1.30 bits per heavy atom. The van der Waals surface area contributed by atoms with Gasteiger partial charge in [0.05, 0.1) is 13.2 Å². The van der Waals surface area contributed by atoms with E-state index in [1.807, 2.05) is 29.2 Å². The number of likely N-dealkylation sites (tertiary alicyclic amines) is 1. The van der Waals surface area contributed by atoms with Crippen LogP contribution in [-0.2, 0) is 27.2 Å². The highest BCUT2D eigenvalue weighted by molar-refractivity contribution is 7.13. The van der Waals surface area contributed by atoms with Crippen LogP contribution < -0.4 is 0 Å². The molecule has 1 saturated heterocycles. The van der Waals surface area contributed by atoms with Crippen LogP contribution in [0, 0.1) is 0 Å². The van der Waals surface area contributed by atoms with Gasteiger partial charge in [-0.3, -0.25) is 9.59 Å². The van der Waals surface area contributed by atoms with Crippen molar-refractivity contribution in [3.05, 3.63) is 68.9 Å². The number of rotatable bonds is 9. The summed E-state index contributed by atoms with van der Waals surface area (Å²) in [6, 6.07) is 10.9. The van der Waals surface area contributed by atoms with Gasteiger partial charge in [0.1, 0.15) is 4.88 Å². The van der Waals surface area contributed by atoms with E-state index in [9.17, 15) is 14.4 Å². The minimum absolute atomic E-state index is 0.00880. The summed E-state index contributed by atoms with van der Waals surface area (Å²) in [4.78, 5) is 39.6. The first kappa shape index (κ1) is 22.2. The van der Waals surface area contributed by atoms with E-state index in [0.29, 0.717) is 29.3 Å². The fourth-order valence-corrected chi connectivity index (χ4v) is 4.70. The summed E-state index contributed by atoms with van der Waals surface area (Å²) in [5, 5.41) is 0.612. The van der Waals surface area contributed by atoms with Crippen molar-refractivity contribution in [2.75, 3.05) is 13.7 Å². The third kappa shape index (κ3) is 6.03. The fraction of sp³-hybridized carbons (Fsp3) is 0.348. The Hall–Kier alpha value is -2.44. The quantitative estimate of drug-likeness (QED) is 0.421. The molecule has 1 aliphatic heterocycles. The van der Waals surface area contributed by atoms with Crippen LogP contribution in [0.1, 0.15) is 39.4 Å². The molecule has 0 bridgehead atoms. The van der Waals surface area contributed by atoms with Crippen LogP contribution in [0.4, 0.5) is 0 Å². The van der Waals surface area contributed by atoms with Gasteiger partial charge in [0.15, 0.2) is 5.78 Å². The molecule has 1 unspecified atom stereocenters. The highest BCUT2D eigenvalue weighted by atomic mass is 35.5. The summed E-state index contributed by atoms with van der Waals surface area (Å²) in [6.07, 6.45) is 6.54. The fourth-order valence-electron chi connectivity index (χ4n) is 3.52. The number of halogens is 1. The highest BCUT2D eigenvalue weighted by Crippen LogP contribution is 2.23. The molecule has 0 aliphatic carbocycles. The Bertz CT molecular complexity index is 952. The van der Waals surface area contributed by atoms with Crippen LogP contribution in [0.3, 0.4) is 0 Å². The van der Waals surface area contributed by atoms with E-state index < -0.39 is 0 Å². The molecule has 1 atom stereocenters. The second-order valence-corrected chi connectivity index (χ2v) is 8.79. The molecule has 2 heterocycles. The molecule has 7 heteroatoms. The molecule has 0 radical (unpaired) electrons. The SMILES string of the molecule is COC(=O)c1ccc(CCCN2C(=O)CCC2/C=C/C(=O)Cc2cccc(Cl)c2)s1. The summed E-state index contributed by atoms with van der Waals surface area (Å²) < 4.78 is 4.73. The molecular formula is C23H24ClNO4S. The summed E-state index contributed by atoms with van der Waals surface area (Å²) in [7, 11) is 1.37. The average Bonchev–Trinajstić information content (AvgIpc) is 3.33. The number of esters is 1. The zero-order valence-corrected chi connectivity index (χ0v) is 18.4. The van der Waals surface area contributed by atoms with Crippen molar-refractivity contribution in [1.82, 2.24) is 4.90 Å². The highest BCUT2D eigenvalue weighted by Gasteiger charge is 2.28. The maximum Gasteiger partial charge on any atom is 0.348 e. The van der Waals surface area contributed by atoms with Crippen LogP contribution in [0.15, 0.2) is 48.6 Å². The van der Waals surface area contributed by atoms with E-state index in [0.717, 1.165) is 29.7 Å². The van der Waals surface area contributed by atoms with E-state index in [1.165, 1.54) is 18.4 Å². The van der Waals surface area contributed by atoms with Crippen molar-refractivity contribution < 1.29 is 19.1 Å². The second-order valence-electron chi connectivity index (χ2n) is 7.19. The number of hydrogen-bond donors (Lipinski definition) is 0. The third-order valence-corrected chi connectivity index (χ3v) is 6.38. The standard InChI is InChI=1S/C23H24ClNO4S/c1-29-23(28)21-11-10-20(30-21)6-3-13-25-18(8-12-22(25)27)7-9-19(26)15-16-4-2-5-17(24)14-16/h2,4-5,7,9-11,14,18H,3,6,8,12-13,15H2,1H3/b9-7+. The number of hydrogen-bond acceptors (Lipinski definition) is 5. The monoisotopic (exact) mass is 445 g/mol. The molecule has 1 aromatic carbocycles. The predicted octanol–water partition coefficient (Wildman–Crippen LogP) is 4.48. The molecule has 158 valence electrons. The van der Waals surface area contributed by atoms with Crippen LogP contribution in [0.2, 0.25) is 5.02 Å². The molecule has 2 aromatic rings. The third-order valence-electron chi connectivity index (χ3n) is 5.02. The van der Waals surface area contributed by atoms with E-state index in [-0.39, 0.29) is 23.7 Å². The van der Waals surface area contributed by atoms with Gasteiger partial charge in [0.25, 0.3) is 0 Å². The summed E-state index contributed by atoms with van der Waals surface area (Å²) in [5.74, 6) is -0.215. The average molecular weight is 446 g/mol. The van der Waals surface area contributed by atoms with Gasteiger partial charge in [-0.15, -0.1) is 11.3 Å². The van der Waals surface area contributed by atoms with E-state index in [4.69, 9.17) is 16.3 Å². The lowest BCUT2D eigenvalue weighted by Crippen LogP contribution is -2.33. The van der Waals surface area contributed by atoms with Crippen LogP contribution in [0.25, 0.3) is 0 Å². The maximum atomic E-state index is 12.3. The van der Waals surface area contributed by atoms with Gasteiger partial charge in [-0.2, -0.15) is 0 Å². The molecule has 30 heavy (non-hydrogen) atoms. The van der Waals surface area contributed by atoms with Crippen LogP contribution in [-0.4, -0.2) is 42.3 Å². The second kappa shape index (κ2) is 10.5. The van der Waals surface area contributed by atoms with Crippen molar-refractivity contribution in [1.29, 1.82) is 0 Å². The molecule has 0 saturated carbocycles. The number of aryl methyl sites for hydroxylation is 1. The van der Waals surface area contributed by atoms with Crippen LogP contribution in [0.5, 0.6) is 0 Å². The number of methoxy groups -OCH3 is 1. The molecule has 1 aromatic heterocycles. The lowest BCUT2D eigenvalue weighted by Gasteiger charge is -2.22. The zero-order valence-electron chi connectivity index (χ0n) is 16.8. The van der Waals surface area contributed by atoms with Gasteiger partial charge in [0.2, 0.25) is 5.91 Å². The van der Waals surface area contributed by atoms with Gasteiger partial charge in [-0.1, -0.05) is 29.8 Å². The molecule has 3 rings (SSSR count). The maximum absolute atomic E-state index is 12.3. The molecule has 0 N–H and O–H groups in total.